The minimum absolute atomic E-state index is 0.0232. The van der Waals surface area contributed by atoms with Gasteiger partial charge in [0.05, 0.1) is 19.6 Å². The van der Waals surface area contributed by atoms with Gasteiger partial charge >= 0.3 is 6.48 Å². The van der Waals surface area contributed by atoms with Crippen molar-refractivity contribution in [1.29, 1.82) is 0 Å². The van der Waals surface area contributed by atoms with Crippen LogP contribution in [0.5, 0.6) is 11.5 Å². The highest BCUT2D eigenvalue weighted by atomic mass is 32.2. The average molecular weight is 353 g/mol. The van der Waals surface area contributed by atoms with Crippen LogP contribution in [0.3, 0.4) is 0 Å². The molecule has 2 rings (SSSR count). The summed E-state index contributed by atoms with van der Waals surface area (Å²) in [7, 11) is 3.07. The highest BCUT2D eigenvalue weighted by Gasteiger charge is 2.16. The van der Waals surface area contributed by atoms with E-state index in [1.54, 1.807) is 43.2 Å². The van der Waals surface area contributed by atoms with E-state index in [0.717, 1.165) is 23.7 Å². The van der Waals surface area contributed by atoms with Crippen molar-refractivity contribution in [3.05, 3.63) is 29.8 Å². The maximum Gasteiger partial charge on any atom is 0.315 e. The predicted molar refractivity (Wildman–Crippen MR) is 94.1 cm³/mol. The van der Waals surface area contributed by atoms with Crippen LogP contribution in [0.4, 0.5) is 0 Å². The molecule has 0 bridgehead atoms. The Hall–Kier alpha value is -1.70. The van der Waals surface area contributed by atoms with Crippen LogP contribution < -0.4 is 9.47 Å². The summed E-state index contributed by atoms with van der Waals surface area (Å²) in [6.45, 7) is 2.34. The maximum absolute atomic E-state index is 12.0. The number of nitrogens with zero attached hydrogens (tertiary/aromatic N) is 1. The molecule has 1 aliphatic heterocycles. The number of methoxy groups -OCH3 is 2. The van der Waals surface area contributed by atoms with Crippen molar-refractivity contribution >= 4 is 23.7 Å². The third kappa shape index (κ3) is 5.15. The lowest BCUT2D eigenvalue weighted by Crippen LogP contribution is -2.25. The summed E-state index contributed by atoms with van der Waals surface area (Å²) in [6, 6.07) is 5.41. The van der Waals surface area contributed by atoms with E-state index in [0.29, 0.717) is 18.1 Å². The highest BCUT2D eigenvalue weighted by Crippen LogP contribution is 2.29. The van der Waals surface area contributed by atoms with E-state index in [2.05, 4.69) is 0 Å². The average Bonchev–Trinajstić information content (AvgIpc) is 3.14. The fourth-order valence-corrected chi connectivity index (χ4v) is 3.09. The summed E-state index contributed by atoms with van der Waals surface area (Å²) in [5.74, 6) is 2.84. The van der Waals surface area contributed by atoms with Crippen molar-refractivity contribution in [1.82, 2.24) is 4.90 Å². The molecule has 7 heteroatoms. The molecule has 1 fully saturated rings. The van der Waals surface area contributed by atoms with Gasteiger partial charge in [0.25, 0.3) is 0 Å². The number of carbonyl (C=O) groups is 1. The first-order chi connectivity index (χ1) is 11.7. The van der Waals surface area contributed by atoms with Gasteiger partial charge in [0, 0.05) is 25.5 Å². The zero-order valence-electron chi connectivity index (χ0n) is 14.2. The van der Waals surface area contributed by atoms with Crippen LogP contribution in [0.15, 0.2) is 24.3 Å². The molecule has 0 radical (unpaired) electrons. The third-order valence-corrected chi connectivity index (χ3v) is 4.35. The molecular formula is C17H23NO5S. The number of hydrogen-bond acceptors (Lipinski definition) is 6. The lowest BCUT2D eigenvalue weighted by atomic mass is 10.2. The molecule has 1 aromatic rings. The lowest BCUT2D eigenvalue weighted by Gasteiger charge is -2.18. The minimum atomic E-state index is -0.792. The smallest absolute Gasteiger partial charge is 0.315 e. The Balaban J connectivity index is 2.05. The van der Waals surface area contributed by atoms with E-state index >= 15 is 0 Å². The topological polar surface area (TPSA) is 57.2 Å². The molecule has 132 valence electrons. The molecule has 24 heavy (non-hydrogen) atoms. The number of amides is 1. The third-order valence-electron chi connectivity index (χ3n) is 3.39. The number of hydrogen-bond donors (Lipinski definition) is 0. The Kier molecular flexibility index (Phi) is 7.42. The van der Waals surface area contributed by atoms with Gasteiger partial charge < -0.3 is 23.8 Å². The number of benzene rings is 1. The highest BCUT2D eigenvalue weighted by molar-refractivity contribution is 7.99. The number of ether oxygens (including phenoxy) is 4. The van der Waals surface area contributed by atoms with Gasteiger partial charge in [0.2, 0.25) is 5.91 Å². The molecule has 0 spiro atoms. The van der Waals surface area contributed by atoms with E-state index in [9.17, 15) is 4.79 Å². The molecule has 0 unspecified atom stereocenters. The summed E-state index contributed by atoms with van der Waals surface area (Å²) in [4.78, 5) is 13.9. The van der Waals surface area contributed by atoms with Crippen molar-refractivity contribution < 1.29 is 23.7 Å². The number of thioether (sulfide) groups is 1. The van der Waals surface area contributed by atoms with Gasteiger partial charge in [-0.2, -0.15) is 0 Å². The Morgan fingerprint density at radius 3 is 2.83 bits per heavy atom. The molecule has 1 amide bonds. The Labute approximate surface area is 146 Å². The monoisotopic (exact) mass is 353 g/mol. The minimum Gasteiger partial charge on any atom is -0.493 e. The first-order valence-electron chi connectivity index (χ1n) is 7.71. The van der Waals surface area contributed by atoms with Gasteiger partial charge in [0.15, 0.2) is 11.5 Å². The van der Waals surface area contributed by atoms with Gasteiger partial charge in [-0.15, -0.1) is 11.8 Å². The predicted octanol–water partition coefficient (Wildman–Crippen LogP) is 2.59. The van der Waals surface area contributed by atoms with Gasteiger partial charge in [-0.3, -0.25) is 4.79 Å². The Morgan fingerprint density at radius 1 is 1.38 bits per heavy atom. The van der Waals surface area contributed by atoms with Crippen molar-refractivity contribution in [2.75, 3.05) is 39.0 Å². The molecule has 1 atom stereocenters. The normalized spacial score (nSPS) is 15.7. The van der Waals surface area contributed by atoms with E-state index in [1.807, 2.05) is 17.9 Å². The molecule has 0 N–H and O–H groups in total. The van der Waals surface area contributed by atoms with E-state index in [1.165, 1.54) is 7.11 Å². The molecule has 1 heterocycles. The standard InChI is InChI=1S/C17H23NO5S/c1-4-22-17(21-3)23-14-7-5-13(11-15(14)20-2)6-8-16(19)18-9-10-24-12-18/h5-8,11,17H,4,9-10,12H2,1-3H3/b8-6+/t17-/m0/s1. The SMILES string of the molecule is CCO[C@H](OC)Oc1ccc(/C=C/C(=O)N2CCSC2)cc1OC. The van der Waals surface area contributed by atoms with Crippen LogP contribution in [-0.2, 0) is 14.3 Å². The summed E-state index contributed by atoms with van der Waals surface area (Å²) < 4.78 is 21.4. The van der Waals surface area contributed by atoms with Crippen molar-refractivity contribution in [2.45, 2.75) is 13.4 Å². The zero-order valence-corrected chi connectivity index (χ0v) is 15.0. The number of carbonyl (C=O) groups excluding carboxylic acids is 1. The van der Waals surface area contributed by atoms with Gasteiger partial charge in [-0.25, -0.2) is 0 Å². The van der Waals surface area contributed by atoms with Crippen molar-refractivity contribution in [3.8, 4) is 11.5 Å². The van der Waals surface area contributed by atoms with Gasteiger partial charge in [-0.1, -0.05) is 6.07 Å². The lowest BCUT2D eigenvalue weighted by molar-refractivity contribution is -0.231. The van der Waals surface area contributed by atoms with Crippen molar-refractivity contribution in [2.24, 2.45) is 0 Å². The fraction of sp³-hybridized carbons (Fsp3) is 0.471. The summed E-state index contributed by atoms with van der Waals surface area (Å²) in [5.41, 5.74) is 0.852. The van der Waals surface area contributed by atoms with E-state index in [4.69, 9.17) is 18.9 Å². The van der Waals surface area contributed by atoms with Crippen LogP contribution in [0.1, 0.15) is 12.5 Å². The van der Waals surface area contributed by atoms with Crippen LogP contribution in [0, 0.1) is 0 Å². The second kappa shape index (κ2) is 9.56. The zero-order chi connectivity index (χ0) is 17.4. The largest absolute Gasteiger partial charge is 0.493 e. The maximum atomic E-state index is 12.0. The first-order valence-corrected chi connectivity index (χ1v) is 8.87. The number of rotatable bonds is 8. The second-order valence-corrected chi connectivity index (χ2v) is 6.05. The van der Waals surface area contributed by atoms with Gasteiger partial charge in [-0.05, 0) is 30.7 Å². The van der Waals surface area contributed by atoms with Crippen LogP contribution in [0.2, 0.25) is 0 Å². The molecule has 0 aromatic heterocycles. The summed E-state index contributed by atoms with van der Waals surface area (Å²) >= 11 is 1.76. The van der Waals surface area contributed by atoms with E-state index < -0.39 is 6.48 Å². The fourth-order valence-electron chi connectivity index (χ4n) is 2.14. The van der Waals surface area contributed by atoms with Crippen LogP contribution >= 0.6 is 11.8 Å². The molecule has 1 saturated heterocycles. The Morgan fingerprint density at radius 2 is 2.21 bits per heavy atom. The molecule has 6 nitrogen and oxygen atoms in total. The van der Waals surface area contributed by atoms with E-state index in [-0.39, 0.29) is 5.91 Å². The molecule has 0 aliphatic carbocycles. The molecule has 1 aromatic carbocycles. The molecule has 1 aliphatic rings. The second-order valence-electron chi connectivity index (χ2n) is 4.98. The first kappa shape index (κ1) is 18.6. The van der Waals surface area contributed by atoms with Crippen LogP contribution in [0.25, 0.3) is 6.08 Å². The summed E-state index contributed by atoms with van der Waals surface area (Å²) in [6.07, 6.45) is 3.35. The molecule has 0 saturated carbocycles. The molecular weight excluding hydrogens is 330 g/mol. The Bertz CT molecular complexity index is 572. The quantitative estimate of drug-likeness (QED) is 0.529. The van der Waals surface area contributed by atoms with Gasteiger partial charge in [0.1, 0.15) is 0 Å². The van der Waals surface area contributed by atoms with Crippen LogP contribution in [-0.4, -0.2) is 56.3 Å². The summed E-state index contributed by atoms with van der Waals surface area (Å²) in [5, 5.41) is 0. The van der Waals surface area contributed by atoms with Crippen molar-refractivity contribution in [3.63, 3.8) is 0 Å².